The number of ether oxygens (including phenoxy) is 2. The Labute approximate surface area is 164 Å². The van der Waals surface area contributed by atoms with Gasteiger partial charge < -0.3 is 9.47 Å². The van der Waals surface area contributed by atoms with Gasteiger partial charge in [0.2, 0.25) is 0 Å². The number of esters is 1. The fourth-order valence-electron chi connectivity index (χ4n) is 2.18. The van der Waals surface area contributed by atoms with Gasteiger partial charge in [0, 0.05) is 18.3 Å². The number of nitrogens with zero attached hydrogens (tertiary/aromatic N) is 1. The minimum atomic E-state index is -1.58. The highest BCUT2D eigenvalue weighted by molar-refractivity contribution is 6.83. The highest BCUT2D eigenvalue weighted by Crippen LogP contribution is 2.25. The molecular formula is C21H31NO4Si. The molecule has 0 aliphatic carbocycles. The van der Waals surface area contributed by atoms with Crippen molar-refractivity contribution in [3.05, 3.63) is 28.8 Å². The summed E-state index contributed by atoms with van der Waals surface area (Å²) in [4.78, 5) is 25.7. The van der Waals surface area contributed by atoms with Gasteiger partial charge in [-0.05, 0) is 51.0 Å². The maximum Gasteiger partial charge on any atom is 0.414 e. The van der Waals surface area contributed by atoms with E-state index in [9.17, 15) is 9.59 Å². The highest BCUT2D eigenvalue weighted by Gasteiger charge is 2.22. The summed E-state index contributed by atoms with van der Waals surface area (Å²) in [6.07, 6.45) is -0.334. The Kier molecular flexibility index (Phi) is 7.27. The van der Waals surface area contributed by atoms with Crippen LogP contribution in [0.4, 0.5) is 10.5 Å². The highest BCUT2D eigenvalue weighted by atomic mass is 28.3. The van der Waals surface area contributed by atoms with Gasteiger partial charge in [0.05, 0.1) is 13.5 Å². The van der Waals surface area contributed by atoms with Gasteiger partial charge in [-0.2, -0.15) is 0 Å². The van der Waals surface area contributed by atoms with Gasteiger partial charge in [0.1, 0.15) is 13.7 Å². The lowest BCUT2D eigenvalue weighted by atomic mass is 9.99. The summed E-state index contributed by atoms with van der Waals surface area (Å²) in [7, 11) is 1.44. The summed E-state index contributed by atoms with van der Waals surface area (Å²) in [5.41, 5.74) is 5.91. The average molecular weight is 390 g/mol. The topological polar surface area (TPSA) is 55.8 Å². The molecule has 0 saturated heterocycles. The van der Waals surface area contributed by atoms with E-state index in [1.165, 1.54) is 12.0 Å². The Balaban J connectivity index is 3.42. The van der Waals surface area contributed by atoms with Crippen molar-refractivity contribution in [2.45, 2.75) is 59.4 Å². The van der Waals surface area contributed by atoms with E-state index in [0.29, 0.717) is 5.69 Å². The van der Waals surface area contributed by atoms with Crippen LogP contribution in [-0.2, 0) is 20.7 Å². The lowest BCUT2D eigenvalue weighted by molar-refractivity contribution is -0.139. The first-order valence-electron chi connectivity index (χ1n) is 8.94. The first kappa shape index (κ1) is 22.8. The third-order valence-corrected chi connectivity index (χ3v) is 4.56. The molecule has 1 rings (SSSR count). The average Bonchev–Trinajstić information content (AvgIpc) is 2.52. The molecule has 0 unspecified atom stereocenters. The van der Waals surface area contributed by atoms with Crippen molar-refractivity contribution in [1.82, 2.24) is 0 Å². The molecule has 6 heteroatoms. The summed E-state index contributed by atoms with van der Waals surface area (Å²) in [5, 5.41) is 0. The van der Waals surface area contributed by atoms with E-state index in [1.807, 2.05) is 39.8 Å². The molecule has 0 N–H and O–H groups in total. The van der Waals surface area contributed by atoms with Crippen LogP contribution in [0.5, 0.6) is 0 Å². The molecule has 0 radical (unpaired) electrons. The number of benzene rings is 1. The van der Waals surface area contributed by atoms with Crippen LogP contribution in [0.25, 0.3) is 0 Å². The van der Waals surface area contributed by atoms with Gasteiger partial charge in [-0.3, -0.25) is 9.69 Å². The predicted octanol–water partition coefficient (Wildman–Crippen LogP) is 4.31. The second-order valence-electron chi connectivity index (χ2n) is 8.57. The van der Waals surface area contributed by atoms with Crippen molar-refractivity contribution < 1.29 is 19.1 Å². The van der Waals surface area contributed by atoms with Crippen molar-refractivity contribution in [3.63, 3.8) is 0 Å². The van der Waals surface area contributed by atoms with Crippen molar-refractivity contribution in [2.75, 3.05) is 19.1 Å². The number of carbonyl (C=O) groups excluding carboxylic acids is 2. The number of amides is 1. The summed E-state index contributed by atoms with van der Waals surface area (Å²) < 4.78 is 10.3. The fraction of sp³-hybridized carbons (Fsp3) is 0.524. The Morgan fingerprint density at radius 1 is 1.19 bits per heavy atom. The smallest absolute Gasteiger partial charge is 0.414 e. The summed E-state index contributed by atoms with van der Waals surface area (Å²) in [5.74, 6) is 2.91. The van der Waals surface area contributed by atoms with E-state index >= 15 is 0 Å². The van der Waals surface area contributed by atoms with Crippen LogP contribution in [0.3, 0.4) is 0 Å². The van der Waals surface area contributed by atoms with Crippen LogP contribution in [0.1, 0.15) is 37.5 Å². The second-order valence-corrected chi connectivity index (χ2v) is 13.3. The fourth-order valence-corrected chi connectivity index (χ4v) is 2.69. The number of carbonyl (C=O) groups is 2. The van der Waals surface area contributed by atoms with E-state index in [0.717, 1.165) is 16.7 Å². The van der Waals surface area contributed by atoms with Crippen LogP contribution in [-0.4, -0.2) is 39.9 Å². The quantitative estimate of drug-likeness (QED) is 0.439. The lowest BCUT2D eigenvalue weighted by Gasteiger charge is -2.25. The molecule has 0 atom stereocenters. The van der Waals surface area contributed by atoms with Crippen molar-refractivity contribution in [1.29, 1.82) is 0 Å². The standard InChI is InChI=1S/C21H31NO4Si/c1-15-16(10-11-27(7,8)9)12-18(13-17(15)14-19(23)25-6)22(5)20(24)26-21(2,3)4/h12-13H,14H2,1-9H3. The Bertz CT molecular complexity index is 776. The number of hydrogen-bond acceptors (Lipinski definition) is 4. The number of methoxy groups -OCH3 is 1. The summed E-state index contributed by atoms with van der Waals surface area (Å²) in [6, 6.07) is 3.68. The molecule has 0 bridgehead atoms. The Morgan fingerprint density at radius 3 is 2.26 bits per heavy atom. The molecule has 1 amide bonds. The van der Waals surface area contributed by atoms with Crippen LogP contribution >= 0.6 is 0 Å². The van der Waals surface area contributed by atoms with E-state index < -0.39 is 19.8 Å². The largest absolute Gasteiger partial charge is 0.469 e. The van der Waals surface area contributed by atoms with Crippen molar-refractivity contribution in [3.8, 4) is 11.5 Å². The maximum absolute atomic E-state index is 12.4. The third-order valence-electron chi connectivity index (χ3n) is 3.69. The molecule has 0 aliphatic rings. The molecule has 0 spiro atoms. The summed E-state index contributed by atoms with van der Waals surface area (Å²) in [6.45, 7) is 13.9. The molecule has 1 aromatic carbocycles. The zero-order valence-corrected chi connectivity index (χ0v) is 18.9. The molecule has 0 saturated carbocycles. The van der Waals surface area contributed by atoms with Gasteiger partial charge in [-0.1, -0.05) is 25.6 Å². The van der Waals surface area contributed by atoms with E-state index in [1.54, 1.807) is 7.05 Å². The second kappa shape index (κ2) is 8.62. The minimum Gasteiger partial charge on any atom is -0.469 e. The maximum atomic E-state index is 12.4. The number of hydrogen-bond donors (Lipinski definition) is 0. The summed E-state index contributed by atoms with van der Waals surface area (Å²) >= 11 is 0. The molecule has 5 nitrogen and oxygen atoms in total. The van der Waals surface area contributed by atoms with Gasteiger partial charge in [0.15, 0.2) is 0 Å². The number of anilines is 1. The van der Waals surface area contributed by atoms with Gasteiger partial charge in [-0.15, -0.1) is 5.54 Å². The van der Waals surface area contributed by atoms with Gasteiger partial charge >= 0.3 is 12.1 Å². The van der Waals surface area contributed by atoms with Crippen LogP contribution < -0.4 is 4.90 Å². The zero-order valence-electron chi connectivity index (χ0n) is 17.9. The molecule has 0 aliphatic heterocycles. The van der Waals surface area contributed by atoms with Crippen molar-refractivity contribution in [2.24, 2.45) is 0 Å². The van der Waals surface area contributed by atoms with E-state index in [4.69, 9.17) is 9.47 Å². The van der Waals surface area contributed by atoms with Crippen LogP contribution in [0, 0.1) is 18.4 Å². The molecule has 0 fully saturated rings. The normalized spacial score (nSPS) is 11.3. The Morgan fingerprint density at radius 2 is 1.78 bits per heavy atom. The number of rotatable bonds is 3. The predicted molar refractivity (Wildman–Crippen MR) is 112 cm³/mol. The monoisotopic (exact) mass is 389 g/mol. The zero-order chi connectivity index (χ0) is 21.0. The minimum absolute atomic E-state index is 0.125. The van der Waals surface area contributed by atoms with E-state index in [-0.39, 0.29) is 12.4 Å². The van der Waals surface area contributed by atoms with Gasteiger partial charge in [-0.25, -0.2) is 4.79 Å². The lowest BCUT2D eigenvalue weighted by Crippen LogP contribution is -2.34. The van der Waals surface area contributed by atoms with Crippen LogP contribution in [0.15, 0.2) is 12.1 Å². The molecule has 27 heavy (non-hydrogen) atoms. The molecule has 0 heterocycles. The molecule has 1 aromatic rings. The first-order valence-corrected chi connectivity index (χ1v) is 12.4. The van der Waals surface area contributed by atoms with Crippen LogP contribution in [0.2, 0.25) is 19.6 Å². The van der Waals surface area contributed by atoms with Gasteiger partial charge in [0.25, 0.3) is 0 Å². The molecule has 148 valence electrons. The SMILES string of the molecule is COC(=O)Cc1cc(N(C)C(=O)OC(C)(C)C)cc(C#C[Si](C)(C)C)c1C. The molecule has 0 aromatic heterocycles. The first-order chi connectivity index (χ1) is 12.2. The van der Waals surface area contributed by atoms with E-state index in [2.05, 4.69) is 31.1 Å². The Hall–Kier alpha value is -2.26. The molecular weight excluding hydrogens is 358 g/mol. The third kappa shape index (κ3) is 7.47. The van der Waals surface area contributed by atoms with Crippen molar-refractivity contribution >= 4 is 25.8 Å².